The molecule has 0 saturated heterocycles. The quantitative estimate of drug-likeness (QED) is 0.571. The molecule has 3 rings (SSSR count). The van der Waals surface area contributed by atoms with Gasteiger partial charge in [0.15, 0.2) is 0 Å². The molecule has 0 aliphatic heterocycles. The van der Waals surface area contributed by atoms with Crippen molar-refractivity contribution in [1.82, 2.24) is 4.57 Å². The molecule has 30 heavy (non-hydrogen) atoms. The van der Waals surface area contributed by atoms with Crippen LogP contribution in [0.4, 0.5) is 13.2 Å². The zero-order valence-corrected chi connectivity index (χ0v) is 16.8. The van der Waals surface area contributed by atoms with Crippen molar-refractivity contribution in [3.63, 3.8) is 0 Å². The molecule has 2 aromatic carbocycles. The molecular formula is C23H23F3N2O2. The number of aromatic nitrogens is 1. The lowest BCUT2D eigenvalue weighted by Gasteiger charge is -2.13. The van der Waals surface area contributed by atoms with Gasteiger partial charge in [0.2, 0.25) is 0 Å². The SMILES string of the molecule is CCc1c(-c2cccc(OC(F)(F)F)c2)c(C(N)=O)c(C)n1CCc1ccccc1. The van der Waals surface area contributed by atoms with E-state index in [1.807, 2.05) is 48.7 Å². The normalized spacial score (nSPS) is 11.5. The van der Waals surface area contributed by atoms with Crippen molar-refractivity contribution in [2.75, 3.05) is 0 Å². The number of carbonyl (C=O) groups is 1. The number of hydrogen-bond acceptors (Lipinski definition) is 2. The molecule has 0 atom stereocenters. The van der Waals surface area contributed by atoms with Crippen molar-refractivity contribution in [3.8, 4) is 16.9 Å². The predicted molar refractivity (Wildman–Crippen MR) is 109 cm³/mol. The van der Waals surface area contributed by atoms with E-state index >= 15 is 0 Å². The summed E-state index contributed by atoms with van der Waals surface area (Å²) in [6.45, 7) is 4.37. The van der Waals surface area contributed by atoms with E-state index in [-0.39, 0.29) is 5.75 Å². The molecule has 0 unspecified atom stereocenters. The van der Waals surface area contributed by atoms with Crippen LogP contribution in [-0.2, 0) is 19.4 Å². The third-order valence-corrected chi connectivity index (χ3v) is 5.04. The van der Waals surface area contributed by atoms with Gasteiger partial charge >= 0.3 is 6.36 Å². The van der Waals surface area contributed by atoms with Crippen molar-refractivity contribution >= 4 is 5.91 Å². The fraction of sp³-hybridized carbons (Fsp3) is 0.261. The number of carbonyl (C=O) groups excluding carboxylic acids is 1. The summed E-state index contributed by atoms with van der Waals surface area (Å²) in [5.41, 5.74) is 9.72. The molecule has 4 nitrogen and oxygen atoms in total. The Morgan fingerprint density at radius 2 is 1.80 bits per heavy atom. The number of alkyl halides is 3. The van der Waals surface area contributed by atoms with Gasteiger partial charge < -0.3 is 15.0 Å². The number of rotatable bonds is 7. The largest absolute Gasteiger partial charge is 0.573 e. The molecule has 0 aliphatic carbocycles. The van der Waals surface area contributed by atoms with E-state index in [0.717, 1.165) is 17.7 Å². The number of primary amides is 1. The maximum atomic E-state index is 12.7. The van der Waals surface area contributed by atoms with Gasteiger partial charge in [-0.15, -0.1) is 13.2 Å². The maximum absolute atomic E-state index is 12.7. The second-order valence-electron chi connectivity index (χ2n) is 6.96. The van der Waals surface area contributed by atoms with Crippen molar-refractivity contribution in [1.29, 1.82) is 0 Å². The molecule has 158 valence electrons. The fourth-order valence-corrected chi connectivity index (χ4v) is 3.81. The zero-order valence-electron chi connectivity index (χ0n) is 16.8. The molecule has 0 spiro atoms. The lowest BCUT2D eigenvalue weighted by molar-refractivity contribution is -0.274. The first-order valence-corrected chi connectivity index (χ1v) is 9.63. The maximum Gasteiger partial charge on any atom is 0.573 e. The van der Waals surface area contributed by atoms with Crippen molar-refractivity contribution < 1.29 is 22.7 Å². The summed E-state index contributed by atoms with van der Waals surface area (Å²) in [5.74, 6) is -0.954. The average molecular weight is 416 g/mol. The Labute approximate surface area is 173 Å². The van der Waals surface area contributed by atoms with E-state index < -0.39 is 12.3 Å². The van der Waals surface area contributed by atoms with Crippen LogP contribution in [0.2, 0.25) is 0 Å². The Morgan fingerprint density at radius 3 is 2.40 bits per heavy atom. The fourth-order valence-electron chi connectivity index (χ4n) is 3.81. The van der Waals surface area contributed by atoms with Crippen LogP contribution in [0, 0.1) is 6.92 Å². The molecular weight excluding hydrogens is 393 g/mol. The van der Waals surface area contributed by atoms with Crippen LogP contribution in [0.3, 0.4) is 0 Å². The molecule has 3 aromatic rings. The number of ether oxygens (including phenoxy) is 1. The summed E-state index contributed by atoms with van der Waals surface area (Å²) >= 11 is 0. The van der Waals surface area contributed by atoms with E-state index in [2.05, 4.69) is 4.74 Å². The molecule has 0 bridgehead atoms. The minimum absolute atomic E-state index is 0.323. The molecule has 1 heterocycles. The van der Waals surface area contributed by atoms with Crippen molar-refractivity contribution in [2.45, 2.75) is 39.6 Å². The van der Waals surface area contributed by atoms with Crippen molar-refractivity contribution in [3.05, 3.63) is 77.1 Å². The van der Waals surface area contributed by atoms with Gasteiger partial charge in [-0.25, -0.2) is 0 Å². The standard InChI is InChI=1S/C23H23F3N2O2/c1-3-19-21(17-10-7-11-18(14-17)30-23(24,25)26)20(22(27)29)15(2)28(19)13-12-16-8-5-4-6-9-16/h4-11,14H,3,12-13H2,1-2H3,(H2,27,29). The van der Waals surface area contributed by atoms with Gasteiger partial charge in [-0.05, 0) is 43.0 Å². The zero-order chi connectivity index (χ0) is 21.9. The Balaban J connectivity index is 2.08. The van der Waals surface area contributed by atoms with E-state index in [1.54, 1.807) is 6.07 Å². The molecule has 0 saturated carbocycles. The smallest absolute Gasteiger partial charge is 0.406 e. The second-order valence-corrected chi connectivity index (χ2v) is 6.96. The molecule has 1 aromatic heterocycles. The lowest BCUT2D eigenvalue weighted by Crippen LogP contribution is -2.17. The van der Waals surface area contributed by atoms with Gasteiger partial charge in [0.1, 0.15) is 5.75 Å². The first-order chi connectivity index (χ1) is 14.2. The number of benzene rings is 2. The minimum Gasteiger partial charge on any atom is -0.406 e. The number of amides is 1. The Hall–Kier alpha value is -3.22. The first-order valence-electron chi connectivity index (χ1n) is 9.63. The topological polar surface area (TPSA) is 57.2 Å². The molecule has 2 N–H and O–H groups in total. The van der Waals surface area contributed by atoms with Crippen LogP contribution in [0.15, 0.2) is 54.6 Å². The van der Waals surface area contributed by atoms with Gasteiger partial charge in [0.05, 0.1) is 5.56 Å². The van der Waals surface area contributed by atoms with Crippen LogP contribution in [0.25, 0.3) is 11.1 Å². The molecule has 7 heteroatoms. The van der Waals surface area contributed by atoms with Crippen molar-refractivity contribution in [2.24, 2.45) is 5.73 Å². The number of halogens is 3. The molecule has 0 fully saturated rings. The molecule has 1 amide bonds. The number of hydrogen-bond donors (Lipinski definition) is 1. The van der Waals surface area contributed by atoms with Crippen LogP contribution in [-0.4, -0.2) is 16.8 Å². The Bertz CT molecular complexity index is 1040. The van der Waals surface area contributed by atoms with Gasteiger partial charge in [0.25, 0.3) is 5.91 Å². The van der Waals surface area contributed by atoms with Crippen LogP contribution in [0.1, 0.15) is 34.2 Å². The number of nitrogens with zero attached hydrogens (tertiary/aromatic N) is 1. The molecule has 0 radical (unpaired) electrons. The monoisotopic (exact) mass is 416 g/mol. The highest BCUT2D eigenvalue weighted by molar-refractivity contribution is 6.02. The van der Waals surface area contributed by atoms with E-state index in [1.165, 1.54) is 18.2 Å². The van der Waals surface area contributed by atoms with Crippen LogP contribution >= 0.6 is 0 Å². The summed E-state index contributed by atoms with van der Waals surface area (Å²) in [6.07, 6.45) is -3.46. The van der Waals surface area contributed by atoms with Gasteiger partial charge in [-0.2, -0.15) is 0 Å². The third kappa shape index (κ3) is 4.67. The number of aryl methyl sites for hydroxylation is 1. The highest BCUT2D eigenvalue weighted by atomic mass is 19.4. The summed E-state index contributed by atoms with van der Waals surface area (Å²) in [5, 5.41) is 0. The Kier molecular flexibility index (Phi) is 6.20. The van der Waals surface area contributed by atoms with E-state index in [4.69, 9.17) is 5.73 Å². The van der Waals surface area contributed by atoms with Crippen LogP contribution < -0.4 is 10.5 Å². The van der Waals surface area contributed by atoms with E-state index in [0.29, 0.717) is 35.3 Å². The number of nitrogens with two attached hydrogens (primary N) is 1. The summed E-state index contributed by atoms with van der Waals surface area (Å²) in [7, 11) is 0. The third-order valence-electron chi connectivity index (χ3n) is 5.04. The first kappa shape index (κ1) is 21.5. The highest BCUT2D eigenvalue weighted by Gasteiger charge is 2.31. The van der Waals surface area contributed by atoms with Gasteiger partial charge in [0, 0.05) is 23.5 Å². The lowest BCUT2D eigenvalue weighted by atomic mass is 9.98. The van der Waals surface area contributed by atoms with Gasteiger partial charge in [-0.1, -0.05) is 49.4 Å². The molecule has 0 aliphatic rings. The Morgan fingerprint density at radius 1 is 1.10 bits per heavy atom. The van der Waals surface area contributed by atoms with Crippen LogP contribution in [0.5, 0.6) is 5.75 Å². The summed E-state index contributed by atoms with van der Waals surface area (Å²) < 4.78 is 44.1. The average Bonchev–Trinajstić information content (AvgIpc) is 2.97. The predicted octanol–water partition coefficient (Wildman–Crippen LogP) is 5.27. The second kappa shape index (κ2) is 8.65. The summed E-state index contributed by atoms with van der Waals surface area (Å²) in [4.78, 5) is 12.3. The summed E-state index contributed by atoms with van der Waals surface area (Å²) in [6, 6.07) is 15.6. The minimum atomic E-state index is -4.80. The highest BCUT2D eigenvalue weighted by Crippen LogP contribution is 2.36. The van der Waals surface area contributed by atoms with E-state index in [9.17, 15) is 18.0 Å². The van der Waals surface area contributed by atoms with Gasteiger partial charge in [-0.3, -0.25) is 4.79 Å².